The molecule has 1 unspecified atom stereocenters. The minimum Gasteiger partial charge on any atom is -0.490 e. The molecule has 0 bridgehead atoms. The Kier molecular flexibility index (Phi) is 7.22. The normalized spacial score (nSPS) is 17.1. The number of rotatable bonds is 10. The van der Waals surface area contributed by atoms with Crippen molar-refractivity contribution in [3.63, 3.8) is 0 Å². The van der Waals surface area contributed by atoms with Crippen LogP contribution in [-0.4, -0.2) is 29.1 Å². The number of aromatic nitrogens is 1. The smallest absolute Gasteiger partial charge is 0.137 e. The Labute approximate surface area is 213 Å². The summed E-state index contributed by atoms with van der Waals surface area (Å²) in [6, 6.07) is 15.5. The Morgan fingerprint density at radius 2 is 2.03 bits per heavy atom. The Hall–Kier alpha value is -2.68. The van der Waals surface area contributed by atoms with Gasteiger partial charge < -0.3 is 4.74 Å². The summed E-state index contributed by atoms with van der Waals surface area (Å²) in [6.07, 6.45) is 9.81. The fourth-order valence-corrected chi connectivity index (χ4v) is 6.31. The number of thiazole rings is 1. The van der Waals surface area contributed by atoms with Gasteiger partial charge in [-0.2, -0.15) is 5.26 Å². The van der Waals surface area contributed by atoms with Crippen LogP contribution < -0.4 is 4.74 Å². The van der Waals surface area contributed by atoms with Gasteiger partial charge in [0.05, 0.1) is 16.5 Å². The maximum Gasteiger partial charge on any atom is 0.137 e. The molecule has 2 aromatic carbocycles. The molecule has 5 rings (SSSR count). The summed E-state index contributed by atoms with van der Waals surface area (Å²) in [5.41, 5.74) is 5.86. The van der Waals surface area contributed by atoms with Gasteiger partial charge in [0.1, 0.15) is 16.8 Å². The maximum atomic E-state index is 9.62. The first-order valence-corrected chi connectivity index (χ1v) is 13.9. The molecule has 1 aromatic heterocycles. The quantitative estimate of drug-likeness (QED) is 0.296. The van der Waals surface area contributed by atoms with Gasteiger partial charge in [-0.3, -0.25) is 4.90 Å². The standard InChI is InChI=1S/C30H35N3OS/c1-4-15-33(16-14-21-8-9-21)27-12-11-24-25(27)6-5-7-26(24)29-19-32-30(35-29)22-10-13-28(34-20(2)3)23(17-22)18-31/h5-7,10,13,17,19-21,27H,4,8-9,11-12,14-16H2,1-3H3. The summed E-state index contributed by atoms with van der Waals surface area (Å²) in [4.78, 5) is 8.70. The van der Waals surface area contributed by atoms with Crippen LogP contribution >= 0.6 is 11.3 Å². The Morgan fingerprint density at radius 1 is 1.17 bits per heavy atom. The van der Waals surface area contributed by atoms with Gasteiger partial charge in [-0.05, 0) is 93.4 Å². The molecular weight excluding hydrogens is 450 g/mol. The second-order valence-corrected chi connectivity index (χ2v) is 11.2. The van der Waals surface area contributed by atoms with Gasteiger partial charge in [-0.1, -0.05) is 38.0 Å². The summed E-state index contributed by atoms with van der Waals surface area (Å²) < 4.78 is 5.79. The van der Waals surface area contributed by atoms with Gasteiger partial charge in [0, 0.05) is 17.8 Å². The second-order valence-electron chi connectivity index (χ2n) is 10.2. The van der Waals surface area contributed by atoms with Crippen LogP contribution in [0.5, 0.6) is 5.75 Å². The lowest BCUT2D eigenvalue weighted by Gasteiger charge is -2.29. The molecular formula is C30H35N3OS. The van der Waals surface area contributed by atoms with Crippen molar-refractivity contribution >= 4 is 11.3 Å². The maximum absolute atomic E-state index is 9.62. The van der Waals surface area contributed by atoms with Crippen molar-refractivity contribution in [1.82, 2.24) is 9.88 Å². The predicted molar refractivity (Wildman–Crippen MR) is 144 cm³/mol. The zero-order valence-corrected chi connectivity index (χ0v) is 21.9. The van der Waals surface area contributed by atoms with Crippen molar-refractivity contribution < 1.29 is 4.74 Å². The monoisotopic (exact) mass is 485 g/mol. The average Bonchev–Trinajstić information content (AvgIpc) is 3.37. The molecule has 0 aliphatic heterocycles. The average molecular weight is 486 g/mol. The SMILES string of the molecule is CCCN(CCC1CC1)C1CCc2c(-c3cnc(-c4ccc(OC(C)C)c(C#N)c4)s3)cccc21. The van der Waals surface area contributed by atoms with Crippen LogP contribution in [0.2, 0.25) is 0 Å². The summed E-state index contributed by atoms with van der Waals surface area (Å²) in [7, 11) is 0. The fraction of sp³-hybridized carbons (Fsp3) is 0.467. The van der Waals surface area contributed by atoms with Gasteiger partial charge in [0.2, 0.25) is 0 Å². The van der Waals surface area contributed by atoms with E-state index in [0.717, 1.165) is 22.9 Å². The molecule has 0 radical (unpaired) electrons. The molecule has 2 aliphatic rings. The number of ether oxygens (including phenoxy) is 1. The number of nitrogens with zero attached hydrogens (tertiary/aromatic N) is 3. The van der Waals surface area contributed by atoms with Gasteiger partial charge in [0.15, 0.2) is 0 Å². The second kappa shape index (κ2) is 10.5. The first-order valence-electron chi connectivity index (χ1n) is 13.1. The van der Waals surface area contributed by atoms with E-state index in [4.69, 9.17) is 9.72 Å². The Morgan fingerprint density at radius 3 is 2.77 bits per heavy atom. The summed E-state index contributed by atoms with van der Waals surface area (Å²) >= 11 is 1.71. The third kappa shape index (κ3) is 5.29. The van der Waals surface area contributed by atoms with E-state index in [0.29, 0.717) is 17.4 Å². The summed E-state index contributed by atoms with van der Waals surface area (Å²) in [5.74, 6) is 1.61. The lowest BCUT2D eigenvalue weighted by atomic mass is 10.0. The number of hydrogen-bond donors (Lipinski definition) is 0. The Bertz CT molecular complexity index is 1220. The molecule has 5 heteroatoms. The lowest BCUT2D eigenvalue weighted by Crippen LogP contribution is -2.29. The number of fused-ring (bicyclic) bond motifs is 1. The highest BCUT2D eigenvalue weighted by Crippen LogP contribution is 2.44. The van der Waals surface area contributed by atoms with Gasteiger partial charge in [-0.15, -0.1) is 11.3 Å². The minimum absolute atomic E-state index is 0.0328. The van der Waals surface area contributed by atoms with Gasteiger partial charge in [-0.25, -0.2) is 4.98 Å². The first kappa shape index (κ1) is 24.0. The molecule has 1 saturated carbocycles. The molecule has 2 aliphatic carbocycles. The van der Waals surface area contributed by atoms with Crippen molar-refractivity contribution in [2.24, 2.45) is 5.92 Å². The molecule has 0 spiro atoms. The number of hydrogen-bond acceptors (Lipinski definition) is 5. The van der Waals surface area contributed by atoms with Gasteiger partial charge >= 0.3 is 0 Å². The van der Waals surface area contributed by atoms with Crippen LogP contribution in [0.15, 0.2) is 42.6 Å². The van der Waals surface area contributed by atoms with Gasteiger partial charge in [0.25, 0.3) is 0 Å². The molecule has 4 nitrogen and oxygen atoms in total. The van der Waals surface area contributed by atoms with Crippen molar-refractivity contribution in [2.75, 3.05) is 13.1 Å². The largest absolute Gasteiger partial charge is 0.490 e. The highest BCUT2D eigenvalue weighted by molar-refractivity contribution is 7.18. The topological polar surface area (TPSA) is 49.2 Å². The summed E-state index contributed by atoms with van der Waals surface area (Å²) in [5, 5.41) is 10.6. The molecule has 182 valence electrons. The Balaban J connectivity index is 1.40. The number of benzene rings is 2. The zero-order chi connectivity index (χ0) is 24.4. The third-order valence-electron chi connectivity index (χ3n) is 7.19. The molecule has 1 heterocycles. The van der Waals surface area contributed by atoms with E-state index in [1.54, 1.807) is 11.3 Å². The third-order valence-corrected chi connectivity index (χ3v) is 8.27. The van der Waals surface area contributed by atoms with E-state index in [2.05, 4.69) is 36.1 Å². The molecule has 0 saturated heterocycles. The molecule has 35 heavy (non-hydrogen) atoms. The van der Waals surface area contributed by atoms with Crippen LogP contribution in [-0.2, 0) is 6.42 Å². The molecule has 3 aromatic rings. The van der Waals surface area contributed by atoms with Crippen LogP contribution in [0, 0.1) is 17.2 Å². The molecule has 1 fully saturated rings. The highest BCUT2D eigenvalue weighted by atomic mass is 32.1. The van der Waals surface area contributed by atoms with E-state index >= 15 is 0 Å². The van der Waals surface area contributed by atoms with Crippen molar-refractivity contribution in [3.8, 4) is 32.8 Å². The summed E-state index contributed by atoms with van der Waals surface area (Å²) in [6.45, 7) is 8.66. The number of nitriles is 1. The van der Waals surface area contributed by atoms with E-state index in [9.17, 15) is 5.26 Å². The van der Waals surface area contributed by atoms with E-state index in [-0.39, 0.29) is 6.10 Å². The van der Waals surface area contributed by atoms with Crippen LogP contribution in [0.25, 0.3) is 21.0 Å². The van der Waals surface area contributed by atoms with E-state index in [1.807, 2.05) is 38.2 Å². The van der Waals surface area contributed by atoms with Crippen LogP contribution in [0.1, 0.15) is 75.6 Å². The van der Waals surface area contributed by atoms with Crippen molar-refractivity contribution in [1.29, 1.82) is 5.26 Å². The van der Waals surface area contributed by atoms with E-state index < -0.39 is 0 Å². The van der Waals surface area contributed by atoms with Crippen LogP contribution in [0.3, 0.4) is 0 Å². The van der Waals surface area contributed by atoms with Crippen molar-refractivity contribution in [2.45, 2.75) is 71.4 Å². The predicted octanol–water partition coefficient (Wildman–Crippen LogP) is 7.64. The molecule has 0 amide bonds. The van der Waals surface area contributed by atoms with Crippen LogP contribution in [0.4, 0.5) is 0 Å². The minimum atomic E-state index is 0.0328. The van der Waals surface area contributed by atoms with E-state index in [1.165, 1.54) is 66.8 Å². The molecule has 1 atom stereocenters. The first-order chi connectivity index (χ1) is 17.1. The molecule has 0 N–H and O–H groups in total. The highest BCUT2D eigenvalue weighted by Gasteiger charge is 2.31. The zero-order valence-electron chi connectivity index (χ0n) is 21.1. The van der Waals surface area contributed by atoms with Crippen molar-refractivity contribution in [3.05, 3.63) is 59.3 Å². The fourth-order valence-electron chi connectivity index (χ4n) is 5.35. The lowest BCUT2D eigenvalue weighted by molar-refractivity contribution is 0.191.